The number of hydrogen-bond donors (Lipinski definition) is 1. The number of likely N-dealkylation sites (N-methyl/N-ethyl adjacent to an activating group) is 1. The topological polar surface area (TPSA) is 12.0 Å². The summed E-state index contributed by atoms with van der Waals surface area (Å²) in [5.74, 6) is -1.71. The Morgan fingerprint density at radius 3 is 2.50 bits per heavy atom. The molecule has 1 aromatic rings. The second-order valence-electron chi connectivity index (χ2n) is 2.70. The van der Waals surface area contributed by atoms with Gasteiger partial charge in [0, 0.05) is 6.54 Å². The Kier molecular flexibility index (Phi) is 6.00. The molecule has 0 fully saturated rings. The molecule has 0 saturated heterocycles. The molecule has 0 heterocycles. The zero-order valence-corrected chi connectivity index (χ0v) is 9.13. The van der Waals surface area contributed by atoms with E-state index in [1.165, 1.54) is 6.07 Å². The largest absolute Gasteiger partial charge is 0.318 e. The standard InChI is InChI=1S/C9H10ClF2N.ClH/c1-13-5-7(10)6-2-3-8(11)9(12)4-6;/h2-4,7,13H,5H2,1H3;1H. The van der Waals surface area contributed by atoms with Gasteiger partial charge in [-0.25, -0.2) is 8.78 Å². The van der Waals surface area contributed by atoms with Gasteiger partial charge in [0.25, 0.3) is 0 Å². The van der Waals surface area contributed by atoms with E-state index in [0.717, 1.165) is 12.1 Å². The van der Waals surface area contributed by atoms with Crippen LogP contribution < -0.4 is 5.32 Å². The molecule has 14 heavy (non-hydrogen) atoms. The third kappa shape index (κ3) is 3.40. The Morgan fingerprint density at radius 1 is 1.36 bits per heavy atom. The summed E-state index contributed by atoms with van der Waals surface area (Å²) < 4.78 is 25.2. The first-order valence-electron chi connectivity index (χ1n) is 3.88. The molecule has 0 aliphatic rings. The van der Waals surface area contributed by atoms with Gasteiger partial charge in [0.1, 0.15) is 0 Å². The molecule has 1 unspecified atom stereocenters. The van der Waals surface area contributed by atoms with Gasteiger partial charge in [0.05, 0.1) is 5.38 Å². The first-order valence-corrected chi connectivity index (χ1v) is 4.32. The van der Waals surface area contributed by atoms with Gasteiger partial charge in [0.2, 0.25) is 0 Å². The Bertz CT molecular complexity index is 294. The van der Waals surface area contributed by atoms with Crippen LogP contribution in [0.1, 0.15) is 10.9 Å². The Labute approximate surface area is 92.9 Å². The third-order valence-electron chi connectivity index (χ3n) is 1.69. The number of rotatable bonds is 3. The van der Waals surface area contributed by atoms with Gasteiger partial charge in [-0.2, -0.15) is 0 Å². The number of hydrogen-bond acceptors (Lipinski definition) is 1. The van der Waals surface area contributed by atoms with Gasteiger partial charge in [0.15, 0.2) is 11.6 Å². The molecule has 1 aromatic carbocycles. The zero-order chi connectivity index (χ0) is 9.84. The molecule has 0 aliphatic carbocycles. The first kappa shape index (κ1) is 13.6. The van der Waals surface area contributed by atoms with E-state index in [4.69, 9.17) is 11.6 Å². The Morgan fingerprint density at radius 2 is 2.00 bits per heavy atom. The summed E-state index contributed by atoms with van der Waals surface area (Å²) >= 11 is 5.88. The van der Waals surface area contributed by atoms with Gasteiger partial charge >= 0.3 is 0 Å². The van der Waals surface area contributed by atoms with E-state index in [-0.39, 0.29) is 17.8 Å². The molecule has 1 nitrogen and oxygen atoms in total. The Balaban J connectivity index is 0.00000169. The van der Waals surface area contributed by atoms with Crippen molar-refractivity contribution in [3.05, 3.63) is 35.4 Å². The summed E-state index contributed by atoms with van der Waals surface area (Å²) in [6, 6.07) is 3.67. The van der Waals surface area contributed by atoms with Gasteiger partial charge in [-0.1, -0.05) is 6.07 Å². The highest BCUT2D eigenvalue weighted by atomic mass is 35.5. The minimum Gasteiger partial charge on any atom is -0.318 e. The van der Waals surface area contributed by atoms with Crippen molar-refractivity contribution in [3.8, 4) is 0 Å². The second-order valence-corrected chi connectivity index (χ2v) is 3.23. The molecule has 0 aromatic heterocycles. The molecule has 5 heteroatoms. The number of nitrogens with one attached hydrogen (secondary N) is 1. The molecule has 0 bridgehead atoms. The van der Waals surface area contributed by atoms with Gasteiger partial charge in [-0.05, 0) is 24.7 Å². The van der Waals surface area contributed by atoms with Crippen LogP contribution in [-0.2, 0) is 0 Å². The smallest absolute Gasteiger partial charge is 0.159 e. The fraction of sp³-hybridized carbons (Fsp3) is 0.333. The molecule has 0 spiro atoms. The van der Waals surface area contributed by atoms with Crippen LogP contribution in [0.3, 0.4) is 0 Å². The minimum absolute atomic E-state index is 0. The molecule has 1 atom stereocenters. The average molecular weight is 242 g/mol. The van der Waals surface area contributed by atoms with Crippen molar-refractivity contribution in [1.29, 1.82) is 0 Å². The lowest BCUT2D eigenvalue weighted by Crippen LogP contribution is -2.13. The number of alkyl halides is 1. The average Bonchev–Trinajstić information content (AvgIpc) is 2.10. The van der Waals surface area contributed by atoms with E-state index >= 15 is 0 Å². The van der Waals surface area contributed by atoms with E-state index in [1.54, 1.807) is 7.05 Å². The normalized spacial score (nSPS) is 12.0. The summed E-state index contributed by atoms with van der Waals surface area (Å²) in [5, 5.41) is 2.52. The Hall–Kier alpha value is -0.380. The van der Waals surface area contributed by atoms with Crippen molar-refractivity contribution in [2.45, 2.75) is 5.38 Å². The van der Waals surface area contributed by atoms with Crippen LogP contribution in [0, 0.1) is 11.6 Å². The molecule has 80 valence electrons. The summed E-state index contributed by atoms with van der Waals surface area (Å²) in [6.45, 7) is 0.520. The van der Waals surface area contributed by atoms with Crippen molar-refractivity contribution in [1.82, 2.24) is 5.32 Å². The van der Waals surface area contributed by atoms with Crippen molar-refractivity contribution < 1.29 is 8.78 Å². The molecule has 0 radical (unpaired) electrons. The lowest BCUT2D eigenvalue weighted by atomic mass is 10.1. The van der Waals surface area contributed by atoms with E-state index in [2.05, 4.69) is 5.32 Å². The zero-order valence-electron chi connectivity index (χ0n) is 7.56. The lowest BCUT2D eigenvalue weighted by molar-refractivity contribution is 0.506. The highest BCUT2D eigenvalue weighted by Gasteiger charge is 2.09. The van der Waals surface area contributed by atoms with Crippen molar-refractivity contribution in [2.24, 2.45) is 0 Å². The maximum atomic E-state index is 12.7. The SMILES string of the molecule is CNCC(Cl)c1ccc(F)c(F)c1.Cl. The molecule has 1 rings (SSSR count). The van der Waals surface area contributed by atoms with Crippen LogP contribution in [-0.4, -0.2) is 13.6 Å². The van der Waals surface area contributed by atoms with Gasteiger partial charge in [-0.15, -0.1) is 24.0 Å². The van der Waals surface area contributed by atoms with Crippen LogP contribution in [0.15, 0.2) is 18.2 Å². The summed E-state index contributed by atoms with van der Waals surface area (Å²) in [4.78, 5) is 0. The van der Waals surface area contributed by atoms with Gasteiger partial charge < -0.3 is 5.32 Å². The lowest BCUT2D eigenvalue weighted by Gasteiger charge is -2.08. The van der Waals surface area contributed by atoms with Crippen LogP contribution in [0.25, 0.3) is 0 Å². The highest BCUT2D eigenvalue weighted by Crippen LogP contribution is 2.21. The minimum atomic E-state index is -0.862. The third-order valence-corrected chi connectivity index (χ3v) is 2.09. The van der Waals surface area contributed by atoms with Crippen LogP contribution in [0.4, 0.5) is 8.78 Å². The van der Waals surface area contributed by atoms with E-state index in [9.17, 15) is 8.78 Å². The van der Waals surface area contributed by atoms with E-state index < -0.39 is 11.6 Å². The fourth-order valence-electron chi connectivity index (χ4n) is 1.00. The quantitative estimate of drug-likeness (QED) is 0.803. The molecule has 0 aliphatic heterocycles. The molecule has 0 saturated carbocycles. The maximum absolute atomic E-state index is 12.7. The van der Waals surface area contributed by atoms with Crippen molar-refractivity contribution in [3.63, 3.8) is 0 Å². The first-order chi connectivity index (χ1) is 6.15. The highest BCUT2D eigenvalue weighted by molar-refractivity contribution is 6.21. The van der Waals surface area contributed by atoms with Crippen LogP contribution >= 0.6 is 24.0 Å². The maximum Gasteiger partial charge on any atom is 0.159 e. The number of benzene rings is 1. The molecular formula is C9H11Cl2F2N. The molecular weight excluding hydrogens is 231 g/mol. The van der Waals surface area contributed by atoms with Crippen LogP contribution in [0.2, 0.25) is 0 Å². The predicted octanol–water partition coefficient (Wildman–Crippen LogP) is 2.89. The van der Waals surface area contributed by atoms with Crippen molar-refractivity contribution >= 4 is 24.0 Å². The molecule has 1 N–H and O–H groups in total. The van der Waals surface area contributed by atoms with Crippen molar-refractivity contribution in [2.75, 3.05) is 13.6 Å². The summed E-state index contributed by atoms with van der Waals surface area (Å²) in [6.07, 6.45) is 0. The predicted molar refractivity (Wildman–Crippen MR) is 56.1 cm³/mol. The second kappa shape index (κ2) is 6.17. The van der Waals surface area contributed by atoms with Crippen LogP contribution in [0.5, 0.6) is 0 Å². The monoisotopic (exact) mass is 241 g/mol. The summed E-state index contributed by atoms with van der Waals surface area (Å²) in [7, 11) is 1.75. The van der Waals surface area contributed by atoms with Gasteiger partial charge in [-0.3, -0.25) is 0 Å². The molecule has 0 amide bonds. The number of halogens is 4. The van der Waals surface area contributed by atoms with E-state index in [0.29, 0.717) is 12.1 Å². The van der Waals surface area contributed by atoms with E-state index in [1.807, 2.05) is 0 Å². The fourth-order valence-corrected chi connectivity index (χ4v) is 1.29. The summed E-state index contributed by atoms with van der Waals surface area (Å²) in [5.41, 5.74) is 0.579.